The summed E-state index contributed by atoms with van der Waals surface area (Å²) in [5.74, 6) is -0.515. The lowest BCUT2D eigenvalue weighted by Gasteiger charge is -2.05. The third kappa shape index (κ3) is 4.63. The molecule has 1 amide bonds. The Labute approximate surface area is 171 Å². The van der Waals surface area contributed by atoms with Crippen molar-refractivity contribution in [3.63, 3.8) is 0 Å². The van der Waals surface area contributed by atoms with E-state index in [0.717, 1.165) is 26.8 Å². The van der Waals surface area contributed by atoms with Crippen molar-refractivity contribution >= 4 is 39.7 Å². The Bertz CT molecular complexity index is 994. The number of carbonyl (C=O) groups is 2. The van der Waals surface area contributed by atoms with Crippen LogP contribution in [0, 0.1) is 19.8 Å². The number of thiazole rings is 2. The average Bonchev–Trinajstić information content (AvgIpc) is 3.23. The number of carbonyl (C=O) groups excluding carboxylic acids is 2. The Hall–Kier alpha value is -2.58. The molecule has 0 saturated heterocycles. The number of benzene rings is 1. The van der Waals surface area contributed by atoms with Crippen LogP contribution in [0.3, 0.4) is 0 Å². The first-order valence-electron chi connectivity index (χ1n) is 8.84. The molecule has 0 saturated carbocycles. The summed E-state index contributed by atoms with van der Waals surface area (Å²) in [6.07, 6.45) is 0. The molecule has 0 aliphatic carbocycles. The highest BCUT2D eigenvalue weighted by Crippen LogP contribution is 2.31. The van der Waals surface area contributed by atoms with Gasteiger partial charge in [0.2, 0.25) is 0 Å². The van der Waals surface area contributed by atoms with E-state index < -0.39 is 5.97 Å². The predicted molar refractivity (Wildman–Crippen MR) is 112 cm³/mol. The number of nitrogens with one attached hydrogen (secondary N) is 1. The van der Waals surface area contributed by atoms with E-state index in [1.54, 1.807) is 6.92 Å². The van der Waals surface area contributed by atoms with Crippen LogP contribution < -0.4 is 5.32 Å². The summed E-state index contributed by atoms with van der Waals surface area (Å²) in [5.41, 5.74) is 1.82. The standard InChI is InChI=1S/C20H21N3O3S2/c1-11(2)10-26-19(25)16-12(3)21-20(28-16)23-18(24)15-17(27-13(4)22-15)14-8-6-5-7-9-14/h5-9,11H,10H2,1-4H3,(H,21,23,24). The first kappa shape index (κ1) is 20.2. The quantitative estimate of drug-likeness (QED) is 0.576. The number of nitrogens with zero attached hydrogens (tertiary/aromatic N) is 2. The van der Waals surface area contributed by atoms with E-state index >= 15 is 0 Å². The van der Waals surface area contributed by atoms with E-state index in [1.807, 2.05) is 51.1 Å². The molecule has 28 heavy (non-hydrogen) atoms. The molecule has 0 aliphatic heterocycles. The molecule has 0 bridgehead atoms. The number of hydrogen-bond donors (Lipinski definition) is 1. The number of anilines is 1. The lowest BCUT2D eigenvalue weighted by atomic mass is 10.1. The highest BCUT2D eigenvalue weighted by atomic mass is 32.1. The Kier molecular flexibility index (Phi) is 6.21. The van der Waals surface area contributed by atoms with E-state index in [9.17, 15) is 9.59 Å². The lowest BCUT2D eigenvalue weighted by Crippen LogP contribution is -2.13. The molecule has 146 valence electrons. The summed E-state index contributed by atoms with van der Waals surface area (Å²) in [6.45, 7) is 7.87. The second-order valence-corrected chi connectivity index (χ2v) is 8.86. The number of hydrogen-bond acceptors (Lipinski definition) is 7. The summed E-state index contributed by atoms with van der Waals surface area (Å²) in [6, 6.07) is 9.66. The third-order valence-corrected chi connectivity index (χ3v) is 5.81. The van der Waals surface area contributed by atoms with Crippen LogP contribution in [0.1, 0.15) is 44.7 Å². The van der Waals surface area contributed by atoms with Crippen molar-refractivity contribution in [2.75, 3.05) is 11.9 Å². The summed E-state index contributed by atoms with van der Waals surface area (Å²) in [5, 5.41) is 3.92. The summed E-state index contributed by atoms with van der Waals surface area (Å²) < 4.78 is 5.26. The molecule has 3 aromatic rings. The van der Waals surface area contributed by atoms with Crippen LogP contribution in [-0.4, -0.2) is 28.5 Å². The Balaban J connectivity index is 1.80. The highest BCUT2D eigenvalue weighted by Gasteiger charge is 2.22. The maximum atomic E-state index is 12.8. The number of esters is 1. The summed E-state index contributed by atoms with van der Waals surface area (Å²) >= 11 is 2.57. The number of aryl methyl sites for hydroxylation is 2. The van der Waals surface area contributed by atoms with E-state index in [2.05, 4.69) is 15.3 Å². The van der Waals surface area contributed by atoms with Gasteiger partial charge >= 0.3 is 5.97 Å². The molecule has 3 rings (SSSR count). The fraction of sp³-hybridized carbons (Fsp3) is 0.300. The first-order chi connectivity index (χ1) is 13.3. The van der Waals surface area contributed by atoms with Crippen molar-refractivity contribution in [1.82, 2.24) is 9.97 Å². The Morgan fingerprint density at radius 1 is 1.11 bits per heavy atom. The maximum Gasteiger partial charge on any atom is 0.350 e. The monoisotopic (exact) mass is 415 g/mol. The van der Waals surface area contributed by atoms with Gasteiger partial charge in [-0.3, -0.25) is 10.1 Å². The van der Waals surface area contributed by atoms with Gasteiger partial charge in [0, 0.05) is 0 Å². The molecule has 0 atom stereocenters. The minimum atomic E-state index is -0.418. The Morgan fingerprint density at radius 3 is 2.50 bits per heavy atom. The van der Waals surface area contributed by atoms with Gasteiger partial charge in [-0.15, -0.1) is 11.3 Å². The molecule has 0 spiro atoms. The highest BCUT2D eigenvalue weighted by molar-refractivity contribution is 7.17. The van der Waals surface area contributed by atoms with Gasteiger partial charge in [-0.2, -0.15) is 0 Å². The summed E-state index contributed by atoms with van der Waals surface area (Å²) in [4.78, 5) is 34.9. The van der Waals surface area contributed by atoms with Crippen LogP contribution in [0.4, 0.5) is 5.13 Å². The lowest BCUT2D eigenvalue weighted by molar-refractivity contribution is 0.0463. The second-order valence-electron chi connectivity index (χ2n) is 6.66. The van der Waals surface area contributed by atoms with Crippen LogP contribution in [0.25, 0.3) is 10.4 Å². The number of ether oxygens (including phenoxy) is 1. The largest absolute Gasteiger partial charge is 0.461 e. The van der Waals surface area contributed by atoms with Crippen molar-refractivity contribution in [2.24, 2.45) is 5.92 Å². The molecule has 0 radical (unpaired) electrons. The fourth-order valence-corrected chi connectivity index (χ4v) is 4.25. The molecule has 6 nitrogen and oxygen atoms in total. The van der Waals surface area contributed by atoms with Crippen molar-refractivity contribution in [1.29, 1.82) is 0 Å². The fourth-order valence-electron chi connectivity index (χ4n) is 2.47. The zero-order valence-corrected chi connectivity index (χ0v) is 17.7. The molecule has 8 heteroatoms. The molecular weight excluding hydrogens is 394 g/mol. The predicted octanol–water partition coefficient (Wildman–Crippen LogP) is 4.95. The summed E-state index contributed by atoms with van der Waals surface area (Å²) in [7, 11) is 0. The average molecular weight is 416 g/mol. The SMILES string of the molecule is Cc1nc(C(=O)Nc2nc(C)c(C(=O)OCC(C)C)s2)c(-c2ccccc2)s1. The maximum absolute atomic E-state index is 12.8. The van der Waals surface area contributed by atoms with Crippen molar-refractivity contribution in [2.45, 2.75) is 27.7 Å². The van der Waals surface area contributed by atoms with Crippen molar-refractivity contribution in [3.05, 3.63) is 51.6 Å². The first-order valence-corrected chi connectivity index (χ1v) is 10.5. The van der Waals surface area contributed by atoms with Crippen LogP contribution in [-0.2, 0) is 4.74 Å². The van der Waals surface area contributed by atoms with Gasteiger partial charge in [0.15, 0.2) is 5.13 Å². The van der Waals surface area contributed by atoms with Gasteiger partial charge < -0.3 is 4.74 Å². The molecule has 0 fully saturated rings. The van der Waals surface area contributed by atoms with Gasteiger partial charge in [0.05, 0.1) is 22.2 Å². The van der Waals surface area contributed by atoms with E-state index in [0.29, 0.717) is 28.0 Å². The van der Waals surface area contributed by atoms with Gasteiger partial charge in [-0.1, -0.05) is 55.5 Å². The molecule has 2 aromatic heterocycles. The van der Waals surface area contributed by atoms with Crippen molar-refractivity contribution < 1.29 is 14.3 Å². The van der Waals surface area contributed by atoms with Gasteiger partial charge in [-0.05, 0) is 25.3 Å². The van der Waals surface area contributed by atoms with Crippen molar-refractivity contribution in [3.8, 4) is 10.4 Å². The second kappa shape index (κ2) is 8.62. The van der Waals surface area contributed by atoms with Crippen LogP contribution in [0.15, 0.2) is 30.3 Å². The third-order valence-electron chi connectivity index (χ3n) is 3.74. The van der Waals surface area contributed by atoms with Gasteiger partial charge in [-0.25, -0.2) is 14.8 Å². The minimum Gasteiger partial charge on any atom is -0.461 e. The van der Waals surface area contributed by atoms with Crippen LogP contribution in [0.5, 0.6) is 0 Å². The zero-order valence-electron chi connectivity index (χ0n) is 16.1. The molecule has 0 unspecified atom stereocenters. The molecular formula is C20H21N3O3S2. The zero-order chi connectivity index (χ0) is 20.3. The Morgan fingerprint density at radius 2 is 1.82 bits per heavy atom. The molecule has 0 aliphatic rings. The van der Waals surface area contributed by atoms with Crippen LogP contribution in [0.2, 0.25) is 0 Å². The molecule has 1 aromatic carbocycles. The number of rotatable bonds is 6. The van der Waals surface area contributed by atoms with Gasteiger partial charge in [0.25, 0.3) is 5.91 Å². The smallest absolute Gasteiger partial charge is 0.350 e. The van der Waals surface area contributed by atoms with E-state index in [4.69, 9.17) is 4.74 Å². The van der Waals surface area contributed by atoms with Gasteiger partial charge in [0.1, 0.15) is 10.6 Å². The van der Waals surface area contributed by atoms with E-state index in [1.165, 1.54) is 11.3 Å². The topological polar surface area (TPSA) is 81.2 Å². The van der Waals surface area contributed by atoms with E-state index in [-0.39, 0.29) is 11.8 Å². The number of amides is 1. The molecule has 1 N–H and O–H groups in total. The minimum absolute atomic E-state index is 0.251. The number of aromatic nitrogens is 2. The normalized spacial score (nSPS) is 10.9. The van der Waals surface area contributed by atoms with Crippen LogP contribution >= 0.6 is 22.7 Å². The molecule has 2 heterocycles.